The smallest absolute Gasteiger partial charge is 0.413 e. The summed E-state index contributed by atoms with van der Waals surface area (Å²) in [6.07, 6.45) is -1.96. The Morgan fingerprint density at radius 1 is 1.19 bits per heavy atom. The van der Waals surface area contributed by atoms with Gasteiger partial charge in [-0.1, -0.05) is 46.2 Å². The molecule has 1 saturated heterocycles. The summed E-state index contributed by atoms with van der Waals surface area (Å²) in [5, 5.41) is 15.6. The van der Waals surface area contributed by atoms with Crippen LogP contribution in [0.1, 0.15) is 65.0 Å². The molecule has 1 aromatic heterocycles. The fourth-order valence-electron chi connectivity index (χ4n) is 4.82. The van der Waals surface area contributed by atoms with Crippen LogP contribution in [0.2, 0.25) is 23.2 Å². The molecule has 0 amide bonds. The summed E-state index contributed by atoms with van der Waals surface area (Å²) < 4.78 is 60.2. The largest absolute Gasteiger partial charge is 0.495 e. The monoisotopic (exact) mass is 637 g/mol. The van der Waals surface area contributed by atoms with E-state index in [1.54, 1.807) is 6.07 Å². The number of benzene rings is 1. The third-order valence-corrected chi connectivity index (χ3v) is 13.2. The maximum atomic E-state index is 13.8. The van der Waals surface area contributed by atoms with E-state index in [-0.39, 0.29) is 28.8 Å². The van der Waals surface area contributed by atoms with E-state index < -0.39 is 39.1 Å². The van der Waals surface area contributed by atoms with Gasteiger partial charge in [-0.3, -0.25) is 0 Å². The minimum atomic E-state index is -4.67. The minimum absolute atomic E-state index is 0.0317. The molecule has 1 aliphatic carbocycles. The highest BCUT2D eigenvalue weighted by atomic mass is 35.5. The average Bonchev–Trinajstić information content (AvgIpc) is 3.34. The van der Waals surface area contributed by atoms with Crippen molar-refractivity contribution in [3.63, 3.8) is 0 Å². The van der Waals surface area contributed by atoms with Crippen LogP contribution in [0, 0.1) is 22.7 Å². The highest BCUT2D eigenvalue weighted by molar-refractivity contribution is 6.74. The predicted molar refractivity (Wildman–Crippen MR) is 165 cm³/mol. The standard InChI is InChI=1S/C29H40BClF3N5O3Si/c1-27(2,3)43(6,7)42-15-19-11-20(12-22(31)24(19)30-40-16-28(4,5)17-41-30)37-26-36-14-21(29(32,33)34)25(39-26)38-23-10-8-9-18(23)13-35/h11-12,14,18,23H,8-10,15-17H2,1-7H3,(H2,36,37,38,39)/t18-,23+/m0/s1. The number of rotatable bonds is 8. The molecular formula is C29H40BClF3N5O3Si. The molecule has 234 valence electrons. The average molecular weight is 638 g/mol. The van der Waals surface area contributed by atoms with Crippen LogP contribution in [0.5, 0.6) is 0 Å². The summed E-state index contributed by atoms with van der Waals surface area (Å²) in [6, 6.07) is 5.22. The van der Waals surface area contributed by atoms with Crippen molar-refractivity contribution < 1.29 is 26.9 Å². The molecule has 0 unspecified atom stereocenters. The number of aromatic nitrogens is 2. The van der Waals surface area contributed by atoms with Gasteiger partial charge in [-0.15, -0.1) is 0 Å². The molecule has 2 aliphatic rings. The lowest BCUT2D eigenvalue weighted by Crippen LogP contribution is -2.49. The Hall–Kier alpha value is -2.37. The van der Waals surface area contributed by atoms with Crippen LogP contribution in [0.25, 0.3) is 0 Å². The van der Waals surface area contributed by atoms with E-state index in [1.807, 2.05) is 6.07 Å². The second-order valence-corrected chi connectivity index (χ2v) is 18.9. The number of nitrogens with one attached hydrogen (secondary N) is 2. The number of nitrogens with zero attached hydrogens (tertiary/aromatic N) is 3. The number of alkyl halides is 3. The number of anilines is 3. The molecule has 1 saturated carbocycles. The van der Waals surface area contributed by atoms with Crippen molar-refractivity contribution in [2.75, 3.05) is 23.8 Å². The lowest BCUT2D eigenvalue weighted by atomic mass is 9.73. The zero-order chi connectivity index (χ0) is 31.8. The third kappa shape index (κ3) is 8.02. The summed E-state index contributed by atoms with van der Waals surface area (Å²) in [7, 11) is -2.85. The molecule has 2 atom stereocenters. The number of halogens is 4. The fraction of sp³-hybridized carbons (Fsp3) is 0.621. The van der Waals surface area contributed by atoms with Gasteiger partial charge in [0.15, 0.2) is 8.32 Å². The van der Waals surface area contributed by atoms with Crippen molar-refractivity contribution in [3.8, 4) is 6.07 Å². The number of nitriles is 1. The van der Waals surface area contributed by atoms with Crippen molar-refractivity contribution >= 4 is 50.0 Å². The molecule has 8 nitrogen and oxygen atoms in total. The molecular weight excluding hydrogens is 598 g/mol. The maximum Gasteiger partial charge on any atom is 0.495 e. The Balaban J connectivity index is 1.67. The summed E-state index contributed by atoms with van der Waals surface area (Å²) in [5.74, 6) is -0.806. The predicted octanol–water partition coefficient (Wildman–Crippen LogP) is 7.29. The molecule has 0 spiro atoms. The van der Waals surface area contributed by atoms with E-state index in [0.29, 0.717) is 42.2 Å². The van der Waals surface area contributed by atoms with Crippen molar-refractivity contribution in [1.29, 1.82) is 5.26 Å². The van der Waals surface area contributed by atoms with E-state index in [4.69, 9.17) is 25.3 Å². The molecule has 0 radical (unpaired) electrons. The normalized spacial score (nSPS) is 21.0. The van der Waals surface area contributed by atoms with Gasteiger partial charge in [0.1, 0.15) is 11.4 Å². The van der Waals surface area contributed by atoms with Crippen LogP contribution < -0.4 is 16.1 Å². The van der Waals surface area contributed by atoms with Gasteiger partial charge < -0.3 is 24.4 Å². The Morgan fingerprint density at radius 2 is 1.86 bits per heavy atom. The van der Waals surface area contributed by atoms with Crippen LogP contribution >= 0.6 is 11.6 Å². The highest BCUT2D eigenvalue weighted by Crippen LogP contribution is 2.38. The van der Waals surface area contributed by atoms with E-state index in [1.165, 1.54) is 0 Å². The van der Waals surface area contributed by atoms with Gasteiger partial charge >= 0.3 is 13.3 Å². The summed E-state index contributed by atoms with van der Waals surface area (Å²) >= 11 is 6.83. The van der Waals surface area contributed by atoms with Crippen LogP contribution in [0.3, 0.4) is 0 Å². The summed E-state index contributed by atoms with van der Waals surface area (Å²) in [4.78, 5) is 8.15. The van der Waals surface area contributed by atoms with Crippen molar-refractivity contribution in [2.24, 2.45) is 11.3 Å². The molecule has 2 heterocycles. The van der Waals surface area contributed by atoms with Crippen molar-refractivity contribution in [2.45, 2.75) is 90.8 Å². The topological polar surface area (TPSA) is 101 Å². The van der Waals surface area contributed by atoms with Gasteiger partial charge in [0.05, 0.1) is 18.6 Å². The van der Waals surface area contributed by atoms with E-state index in [0.717, 1.165) is 18.2 Å². The fourth-order valence-corrected chi connectivity index (χ4v) is 6.09. The first-order valence-corrected chi connectivity index (χ1v) is 17.8. The maximum absolute atomic E-state index is 13.8. The lowest BCUT2D eigenvalue weighted by molar-refractivity contribution is -0.137. The van der Waals surface area contributed by atoms with Gasteiger partial charge in [-0.2, -0.15) is 23.4 Å². The van der Waals surface area contributed by atoms with Crippen LogP contribution in [-0.4, -0.2) is 44.7 Å². The SMILES string of the molecule is CC1(C)COB(c2c(Cl)cc(Nc3ncc(C(F)(F)F)c(N[C@@H]4CCC[C@H]4C#N)n3)cc2CO[Si](C)(C)C(C)(C)C)OC1. The number of hydrogen-bond donors (Lipinski definition) is 2. The Morgan fingerprint density at radius 3 is 2.47 bits per heavy atom. The molecule has 1 aliphatic heterocycles. The van der Waals surface area contributed by atoms with Gasteiger partial charge in [-0.05, 0) is 55.1 Å². The lowest BCUT2D eigenvalue weighted by Gasteiger charge is -2.37. The molecule has 14 heteroatoms. The van der Waals surface area contributed by atoms with Crippen molar-refractivity contribution in [3.05, 3.63) is 34.5 Å². The second kappa shape index (κ2) is 12.6. The highest BCUT2D eigenvalue weighted by Gasteiger charge is 2.40. The molecule has 0 bridgehead atoms. The van der Waals surface area contributed by atoms with Gasteiger partial charge in [0, 0.05) is 47.0 Å². The Labute approximate surface area is 258 Å². The summed E-state index contributed by atoms with van der Waals surface area (Å²) in [6.45, 7) is 16.1. The van der Waals surface area contributed by atoms with Crippen molar-refractivity contribution in [1.82, 2.24) is 9.97 Å². The van der Waals surface area contributed by atoms with E-state index in [2.05, 4.69) is 74.4 Å². The minimum Gasteiger partial charge on any atom is -0.413 e. The van der Waals surface area contributed by atoms with E-state index in [9.17, 15) is 18.4 Å². The Kier molecular flexibility index (Phi) is 9.79. The zero-order valence-electron chi connectivity index (χ0n) is 25.8. The second-order valence-electron chi connectivity index (χ2n) is 13.7. The first-order chi connectivity index (χ1) is 19.9. The van der Waals surface area contributed by atoms with Crippen LogP contribution in [0.4, 0.5) is 30.6 Å². The Bertz CT molecular complexity index is 1360. The third-order valence-electron chi connectivity index (χ3n) is 8.45. The van der Waals surface area contributed by atoms with Gasteiger partial charge in [0.2, 0.25) is 5.95 Å². The van der Waals surface area contributed by atoms with E-state index >= 15 is 0 Å². The van der Waals surface area contributed by atoms with Crippen LogP contribution in [0.15, 0.2) is 18.3 Å². The molecule has 4 rings (SSSR count). The first-order valence-electron chi connectivity index (χ1n) is 14.5. The quantitative estimate of drug-likeness (QED) is 0.291. The van der Waals surface area contributed by atoms with Gasteiger partial charge in [-0.25, -0.2) is 4.98 Å². The first kappa shape index (κ1) is 33.5. The molecule has 2 aromatic rings. The molecule has 1 aromatic carbocycles. The molecule has 2 fully saturated rings. The summed E-state index contributed by atoms with van der Waals surface area (Å²) in [5.41, 5.74) is 0.728. The molecule has 2 N–H and O–H groups in total. The van der Waals surface area contributed by atoms with Gasteiger partial charge in [0.25, 0.3) is 0 Å². The zero-order valence-corrected chi connectivity index (χ0v) is 27.5. The number of hydrogen-bond acceptors (Lipinski definition) is 8. The molecule has 43 heavy (non-hydrogen) atoms. The van der Waals surface area contributed by atoms with Crippen LogP contribution in [-0.2, 0) is 26.5 Å².